The minimum atomic E-state index is -0.224. The highest BCUT2D eigenvalue weighted by molar-refractivity contribution is 6.30. The minimum absolute atomic E-state index is 0.224. The Balaban J connectivity index is 1.33. The van der Waals surface area contributed by atoms with E-state index in [1.165, 1.54) is 0 Å². The van der Waals surface area contributed by atoms with Crippen LogP contribution >= 0.6 is 11.6 Å². The fourth-order valence-corrected chi connectivity index (χ4v) is 3.68. The van der Waals surface area contributed by atoms with Crippen LogP contribution in [0, 0.1) is 6.92 Å². The summed E-state index contributed by atoms with van der Waals surface area (Å²) in [7, 11) is 0. The third-order valence-electron chi connectivity index (χ3n) is 5.38. The number of hydrogen-bond acceptors (Lipinski definition) is 4. The number of carbonyl (C=O) groups is 1. The average Bonchev–Trinajstić information content (AvgIpc) is 3.27. The van der Waals surface area contributed by atoms with Crippen LogP contribution in [0.15, 0.2) is 91.0 Å². The number of aromatic nitrogens is 3. The molecule has 0 aliphatic rings. The van der Waals surface area contributed by atoms with Crippen LogP contribution in [0.4, 0.5) is 5.69 Å². The molecular weight excluding hydrogens is 448 g/mol. The molecule has 1 heterocycles. The lowest BCUT2D eigenvalue weighted by atomic mass is 10.1. The maximum absolute atomic E-state index is 13.0. The van der Waals surface area contributed by atoms with Gasteiger partial charge < -0.3 is 10.1 Å². The predicted molar refractivity (Wildman–Crippen MR) is 134 cm³/mol. The van der Waals surface area contributed by atoms with Crippen molar-refractivity contribution in [3.8, 4) is 11.4 Å². The van der Waals surface area contributed by atoms with Gasteiger partial charge in [0.1, 0.15) is 23.4 Å². The van der Waals surface area contributed by atoms with Crippen molar-refractivity contribution in [3.05, 3.63) is 113 Å². The predicted octanol–water partition coefficient (Wildman–Crippen LogP) is 6.21. The van der Waals surface area contributed by atoms with Gasteiger partial charge in [-0.05, 0) is 72.6 Å². The van der Waals surface area contributed by atoms with Crippen molar-refractivity contribution in [2.24, 2.45) is 0 Å². The molecule has 0 saturated carbocycles. The van der Waals surface area contributed by atoms with E-state index in [0.29, 0.717) is 34.1 Å². The highest BCUT2D eigenvalue weighted by Crippen LogP contribution is 2.24. The van der Waals surface area contributed by atoms with E-state index >= 15 is 0 Å². The second-order valence-electron chi connectivity index (χ2n) is 7.88. The molecular formula is C27H21ClN4O2. The number of halogens is 1. The summed E-state index contributed by atoms with van der Waals surface area (Å²) in [6.45, 7) is 2.36. The molecule has 0 fully saturated rings. The average molecular weight is 469 g/mol. The Morgan fingerprint density at radius 2 is 1.65 bits per heavy atom. The van der Waals surface area contributed by atoms with E-state index < -0.39 is 0 Å². The second kappa shape index (κ2) is 9.37. The summed E-state index contributed by atoms with van der Waals surface area (Å²) >= 11 is 5.98. The Bertz CT molecular complexity index is 1460. The summed E-state index contributed by atoms with van der Waals surface area (Å²) < 4.78 is 5.86. The molecule has 0 aliphatic heterocycles. The van der Waals surface area contributed by atoms with E-state index in [0.717, 1.165) is 22.3 Å². The van der Waals surface area contributed by atoms with Crippen molar-refractivity contribution < 1.29 is 9.53 Å². The quantitative estimate of drug-likeness (QED) is 0.321. The summed E-state index contributed by atoms with van der Waals surface area (Å²) in [5.41, 5.74) is 5.35. The van der Waals surface area contributed by atoms with Crippen molar-refractivity contribution in [2.45, 2.75) is 13.5 Å². The van der Waals surface area contributed by atoms with Crippen LogP contribution in [-0.4, -0.2) is 20.9 Å². The van der Waals surface area contributed by atoms with Gasteiger partial charge in [-0.15, -0.1) is 10.2 Å². The molecule has 0 aliphatic carbocycles. The first-order valence-electron chi connectivity index (χ1n) is 10.8. The number of nitrogens with one attached hydrogen (secondary N) is 1. The molecule has 0 spiro atoms. The molecule has 4 aromatic carbocycles. The molecule has 0 saturated heterocycles. The molecule has 0 bridgehead atoms. The van der Waals surface area contributed by atoms with Crippen molar-refractivity contribution in [3.63, 3.8) is 0 Å². The van der Waals surface area contributed by atoms with Crippen LogP contribution in [0.3, 0.4) is 0 Å². The molecule has 5 aromatic rings. The molecule has 1 amide bonds. The van der Waals surface area contributed by atoms with Crippen molar-refractivity contribution in [1.82, 2.24) is 15.0 Å². The Hall–Kier alpha value is -4.16. The molecule has 1 aromatic heterocycles. The number of amides is 1. The number of rotatable bonds is 6. The van der Waals surface area contributed by atoms with Gasteiger partial charge in [0.05, 0.1) is 5.69 Å². The number of nitrogens with zero attached hydrogens (tertiary/aromatic N) is 3. The Labute approximate surface area is 201 Å². The van der Waals surface area contributed by atoms with Gasteiger partial charge in [0.25, 0.3) is 5.91 Å². The van der Waals surface area contributed by atoms with Crippen LogP contribution in [0.25, 0.3) is 16.7 Å². The van der Waals surface area contributed by atoms with Crippen LogP contribution in [0.1, 0.15) is 21.5 Å². The van der Waals surface area contributed by atoms with Gasteiger partial charge in [-0.2, -0.15) is 4.80 Å². The number of benzene rings is 4. The van der Waals surface area contributed by atoms with Crippen LogP contribution < -0.4 is 10.1 Å². The summed E-state index contributed by atoms with van der Waals surface area (Å²) in [6.07, 6.45) is 0. The standard InChI is InChI=1S/C27H21ClN4O2/c1-18-14-25-26(31-32(30-25)22-12-10-21(28)11-13-22)16-24(18)29-27(33)20-8-5-9-23(15-20)34-17-19-6-3-2-4-7-19/h2-16H,17H2,1H3,(H,29,33). The highest BCUT2D eigenvalue weighted by atomic mass is 35.5. The van der Waals surface area contributed by atoms with Crippen LogP contribution in [-0.2, 0) is 6.61 Å². The lowest BCUT2D eigenvalue weighted by Gasteiger charge is -2.10. The van der Waals surface area contributed by atoms with E-state index in [1.54, 1.807) is 29.1 Å². The van der Waals surface area contributed by atoms with E-state index in [2.05, 4.69) is 15.5 Å². The molecule has 7 heteroatoms. The first-order valence-corrected chi connectivity index (χ1v) is 11.1. The van der Waals surface area contributed by atoms with E-state index in [9.17, 15) is 4.79 Å². The van der Waals surface area contributed by atoms with E-state index in [4.69, 9.17) is 16.3 Å². The second-order valence-corrected chi connectivity index (χ2v) is 8.31. The molecule has 34 heavy (non-hydrogen) atoms. The monoisotopic (exact) mass is 468 g/mol. The number of aryl methyl sites for hydroxylation is 1. The number of hydrogen-bond donors (Lipinski definition) is 1. The molecule has 1 N–H and O–H groups in total. The third kappa shape index (κ3) is 4.77. The number of fused-ring (bicyclic) bond motifs is 1. The summed E-state index contributed by atoms with van der Waals surface area (Å²) in [5.74, 6) is 0.410. The van der Waals surface area contributed by atoms with Crippen molar-refractivity contribution in [2.75, 3.05) is 5.32 Å². The SMILES string of the molecule is Cc1cc2nn(-c3ccc(Cl)cc3)nc2cc1NC(=O)c1cccc(OCc2ccccc2)c1. The minimum Gasteiger partial charge on any atom is -0.489 e. The van der Waals surface area contributed by atoms with E-state index in [1.807, 2.05) is 73.7 Å². The van der Waals surface area contributed by atoms with Gasteiger partial charge in [0.15, 0.2) is 0 Å². The molecule has 6 nitrogen and oxygen atoms in total. The van der Waals surface area contributed by atoms with Crippen LogP contribution in [0.2, 0.25) is 5.02 Å². The Morgan fingerprint density at radius 3 is 2.41 bits per heavy atom. The van der Waals surface area contributed by atoms with Crippen molar-refractivity contribution >= 4 is 34.2 Å². The fraction of sp³-hybridized carbons (Fsp3) is 0.0741. The summed E-state index contributed by atoms with van der Waals surface area (Å²) in [6, 6.07) is 28.1. The van der Waals surface area contributed by atoms with Gasteiger partial charge in [-0.25, -0.2) is 0 Å². The zero-order valence-corrected chi connectivity index (χ0v) is 19.2. The Morgan fingerprint density at radius 1 is 0.912 bits per heavy atom. The number of anilines is 1. The molecule has 5 rings (SSSR count). The normalized spacial score (nSPS) is 10.9. The zero-order valence-electron chi connectivity index (χ0n) is 18.4. The number of ether oxygens (including phenoxy) is 1. The topological polar surface area (TPSA) is 69.0 Å². The van der Waals surface area contributed by atoms with E-state index in [-0.39, 0.29) is 5.91 Å². The fourth-order valence-electron chi connectivity index (χ4n) is 3.55. The molecule has 0 radical (unpaired) electrons. The first kappa shape index (κ1) is 21.7. The van der Waals surface area contributed by atoms with Gasteiger partial charge >= 0.3 is 0 Å². The largest absolute Gasteiger partial charge is 0.489 e. The number of carbonyl (C=O) groups excluding carboxylic acids is 1. The molecule has 0 unspecified atom stereocenters. The Kier molecular flexibility index (Phi) is 5.97. The molecule has 0 atom stereocenters. The maximum Gasteiger partial charge on any atom is 0.255 e. The maximum atomic E-state index is 13.0. The van der Waals surface area contributed by atoms with Crippen LogP contribution in [0.5, 0.6) is 5.75 Å². The molecule has 168 valence electrons. The van der Waals surface area contributed by atoms with Gasteiger partial charge in [0, 0.05) is 16.3 Å². The summed E-state index contributed by atoms with van der Waals surface area (Å²) in [5, 5.41) is 12.7. The summed E-state index contributed by atoms with van der Waals surface area (Å²) in [4.78, 5) is 14.5. The smallest absolute Gasteiger partial charge is 0.255 e. The highest BCUT2D eigenvalue weighted by Gasteiger charge is 2.13. The van der Waals surface area contributed by atoms with Gasteiger partial charge in [-0.3, -0.25) is 4.79 Å². The lowest BCUT2D eigenvalue weighted by molar-refractivity contribution is 0.102. The van der Waals surface area contributed by atoms with Gasteiger partial charge in [-0.1, -0.05) is 48.0 Å². The van der Waals surface area contributed by atoms with Gasteiger partial charge in [0.2, 0.25) is 0 Å². The zero-order chi connectivity index (χ0) is 23.5. The third-order valence-corrected chi connectivity index (χ3v) is 5.63. The first-order chi connectivity index (χ1) is 16.5. The lowest BCUT2D eigenvalue weighted by Crippen LogP contribution is -2.13. The van der Waals surface area contributed by atoms with Crippen molar-refractivity contribution in [1.29, 1.82) is 0 Å².